The van der Waals surface area contributed by atoms with Crippen LogP contribution >= 0.6 is 23.6 Å². The molecule has 2 aliphatic heterocycles. The van der Waals surface area contributed by atoms with E-state index in [0.29, 0.717) is 6.04 Å². The van der Waals surface area contributed by atoms with E-state index in [1.807, 2.05) is 16.0 Å². The van der Waals surface area contributed by atoms with Gasteiger partial charge in [0.1, 0.15) is 10.8 Å². The van der Waals surface area contributed by atoms with Crippen molar-refractivity contribution in [2.24, 2.45) is 0 Å². The first-order chi connectivity index (χ1) is 12.8. The molecule has 1 atom stereocenters. The summed E-state index contributed by atoms with van der Waals surface area (Å²) in [5, 5.41) is 6.09. The van der Waals surface area contributed by atoms with Crippen LogP contribution in [0.15, 0.2) is 24.3 Å². The van der Waals surface area contributed by atoms with Crippen molar-refractivity contribution in [2.45, 2.75) is 57.8 Å². The van der Waals surface area contributed by atoms with Crippen molar-refractivity contribution in [1.82, 2.24) is 24.2 Å². The second-order valence-electron chi connectivity index (χ2n) is 7.29. The Morgan fingerprint density at radius 2 is 2.04 bits per heavy atom. The summed E-state index contributed by atoms with van der Waals surface area (Å²) < 4.78 is 6.46. The number of nitrogens with zero attached hydrogens (tertiary/aromatic N) is 5. The SMILES string of the molecule is S=c1n(CN2CCC[C@H]2c2nc3ccccc3s2)nc2n1CCCCC2. The molecule has 0 spiro atoms. The second kappa shape index (κ2) is 6.87. The fourth-order valence-corrected chi connectivity index (χ4v) is 5.63. The van der Waals surface area contributed by atoms with E-state index >= 15 is 0 Å². The third-order valence-corrected chi connectivity index (χ3v) is 7.13. The van der Waals surface area contributed by atoms with Crippen molar-refractivity contribution in [1.29, 1.82) is 0 Å². The van der Waals surface area contributed by atoms with Crippen LogP contribution < -0.4 is 0 Å². The lowest BCUT2D eigenvalue weighted by Gasteiger charge is -2.22. The lowest BCUT2D eigenvalue weighted by atomic mass is 10.2. The topological polar surface area (TPSA) is 38.9 Å². The molecule has 3 aromatic rings. The molecule has 2 aromatic heterocycles. The van der Waals surface area contributed by atoms with Crippen LogP contribution in [0.3, 0.4) is 0 Å². The molecule has 1 saturated heterocycles. The standard InChI is InChI=1S/C19H23N5S2/c25-19-23-12-5-1-2-10-17(23)21-24(19)13-22-11-6-8-15(22)18-20-14-7-3-4-9-16(14)26-18/h3-4,7,9,15H,1-2,5-6,8,10-13H2/t15-/m0/s1. The van der Waals surface area contributed by atoms with Gasteiger partial charge in [-0.1, -0.05) is 18.6 Å². The number of rotatable bonds is 3. The number of thiazole rings is 1. The molecule has 0 N–H and O–H groups in total. The molecule has 4 heterocycles. The Bertz CT molecular complexity index is 952. The van der Waals surface area contributed by atoms with Crippen LogP contribution in [-0.2, 0) is 19.6 Å². The number of fused-ring (bicyclic) bond motifs is 2. The van der Waals surface area contributed by atoms with Crippen LogP contribution in [0.1, 0.15) is 49.0 Å². The van der Waals surface area contributed by atoms with Gasteiger partial charge in [0.15, 0.2) is 4.77 Å². The molecule has 0 saturated carbocycles. The number of para-hydroxylation sites is 1. The quantitative estimate of drug-likeness (QED) is 0.620. The second-order valence-corrected chi connectivity index (χ2v) is 8.72. The van der Waals surface area contributed by atoms with E-state index < -0.39 is 0 Å². The summed E-state index contributed by atoms with van der Waals surface area (Å²) in [5.41, 5.74) is 1.12. The summed E-state index contributed by atoms with van der Waals surface area (Å²) in [5.74, 6) is 1.17. The van der Waals surface area contributed by atoms with Gasteiger partial charge in [-0.25, -0.2) is 9.67 Å². The van der Waals surface area contributed by atoms with E-state index in [1.165, 1.54) is 47.6 Å². The smallest absolute Gasteiger partial charge is 0.199 e. The Morgan fingerprint density at radius 3 is 2.96 bits per heavy atom. The van der Waals surface area contributed by atoms with Gasteiger partial charge in [-0.05, 0) is 50.0 Å². The van der Waals surface area contributed by atoms with Gasteiger partial charge in [0.05, 0.1) is 22.9 Å². The highest BCUT2D eigenvalue weighted by molar-refractivity contribution is 7.71. The zero-order valence-corrected chi connectivity index (χ0v) is 16.4. The summed E-state index contributed by atoms with van der Waals surface area (Å²) >= 11 is 7.57. The zero-order valence-electron chi connectivity index (χ0n) is 14.8. The largest absolute Gasteiger partial charge is 0.304 e. The molecule has 136 valence electrons. The van der Waals surface area contributed by atoms with Gasteiger partial charge in [0, 0.05) is 19.5 Å². The first kappa shape index (κ1) is 16.6. The van der Waals surface area contributed by atoms with Gasteiger partial charge in [-0.15, -0.1) is 11.3 Å². The predicted octanol–water partition coefficient (Wildman–Crippen LogP) is 4.54. The highest BCUT2D eigenvalue weighted by Gasteiger charge is 2.29. The molecule has 5 nitrogen and oxygen atoms in total. The van der Waals surface area contributed by atoms with Crippen molar-refractivity contribution < 1.29 is 0 Å². The molecule has 2 aliphatic rings. The van der Waals surface area contributed by atoms with E-state index in [-0.39, 0.29) is 0 Å². The molecular formula is C19H23N5S2. The third kappa shape index (κ3) is 2.92. The minimum absolute atomic E-state index is 0.385. The average molecular weight is 386 g/mol. The summed E-state index contributed by atoms with van der Waals surface area (Å²) in [4.78, 5) is 7.40. The maximum atomic E-state index is 5.74. The molecule has 0 unspecified atom stereocenters. The number of benzene rings is 1. The molecule has 7 heteroatoms. The molecular weight excluding hydrogens is 362 g/mol. The van der Waals surface area contributed by atoms with Crippen molar-refractivity contribution in [3.05, 3.63) is 39.9 Å². The van der Waals surface area contributed by atoms with Gasteiger partial charge in [-0.3, -0.25) is 4.90 Å². The van der Waals surface area contributed by atoms with Crippen molar-refractivity contribution in [3.8, 4) is 0 Å². The minimum atomic E-state index is 0.385. The Hall–Kier alpha value is -1.57. The predicted molar refractivity (Wildman–Crippen MR) is 107 cm³/mol. The zero-order chi connectivity index (χ0) is 17.5. The third-order valence-electron chi connectivity index (χ3n) is 5.56. The van der Waals surface area contributed by atoms with Crippen LogP contribution in [-0.4, -0.2) is 30.8 Å². The van der Waals surface area contributed by atoms with E-state index in [4.69, 9.17) is 22.3 Å². The van der Waals surface area contributed by atoms with Crippen LogP contribution in [0.25, 0.3) is 10.2 Å². The number of likely N-dealkylation sites (tertiary alicyclic amines) is 1. The fraction of sp³-hybridized carbons (Fsp3) is 0.526. The van der Waals surface area contributed by atoms with E-state index in [1.54, 1.807) is 0 Å². The molecule has 1 fully saturated rings. The summed E-state index contributed by atoms with van der Waals surface area (Å²) in [6.45, 7) is 2.89. The monoisotopic (exact) mass is 385 g/mol. The van der Waals surface area contributed by atoms with Gasteiger partial charge in [0.25, 0.3) is 0 Å². The lowest BCUT2D eigenvalue weighted by Crippen LogP contribution is -2.27. The van der Waals surface area contributed by atoms with E-state index in [0.717, 1.165) is 36.5 Å². The Morgan fingerprint density at radius 1 is 1.12 bits per heavy atom. The van der Waals surface area contributed by atoms with Gasteiger partial charge < -0.3 is 4.57 Å². The van der Waals surface area contributed by atoms with Crippen molar-refractivity contribution in [3.63, 3.8) is 0 Å². The highest BCUT2D eigenvalue weighted by Crippen LogP contribution is 2.36. The normalized spacial score (nSPS) is 21.2. The number of aromatic nitrogens is 4. The lowest BCUT2D eigenvalue weighted by molar-refractivity contribution is 0.189. The Kier molecular flexibility index (Phi) is 4.38. The van der Waals surface area contributed by atoms with Gasteiger partial charge in [-0.2, -0.15) is 5.10 Å². The van der Waals surface area contributed by atoms with Crippen LogP contribution in [0.2, 0.25) is 0 Å². The minimum Gasteiger partial charge on any atom is -0.304 e. The Balaban J connectivity index is 1.42. The average Bonchev–Trinajstić information content (AvgIpc) is 3.30. The maximum absolute atomic E-state index is 5.74. The van der Waals surface area contributed by atoms with E-state index in [9.17, 15) is 0 Å². The maximum Gasteiger partial charge on any atom is 0.199 e. The number of hydrogen-bond acceptors (Lipinski definition) is 5. The summed E-state index contributed by atoms with van der Waals surface area (Å²) in [7, 11) is 0. The fourth-order valence-electron chi connectivity index (χ4n) is 4.20. The Labute approximate surface area is 162 Å². The van der Waals surface area contributed by atoms with Gasteiger partial charge in [0.2, 0.25) is 0 Å². The summed E-state index contributed by atoms with van der Waals surface area (Å²) in [6, 6.07) is 8.82. The van der Waals surface area contributed by atoms with E-state index in [2.05, 4.69) is 33.7 Å². The van der Waals surface area contributed by atoms with Crippen LogP contribution in [0.4, 0.5) is 0 Å². The van der Waals surface area contributed by atoms with Crippen LogP contribution in [0.5, 0.6) is 0 Å². The molecule has 0 aliphatic carbocycles. The molecule has 0 radical (unpaired) electrons. The molecule has 26 heavy (non-hydrogen) atoms. The molecule has 0 bridgehead atoms. The van der Waals surface area contributed by atoms with Crippen molar-refractivity contribution in [2.75, 3.05) is 6.54 Å². The first-order valence-corrected chi connectivity index (χ1v) is 10.8. The number of aryl methyl sites for hydroxylation is 1. The van der Waals surface area contributed by atoms with Crippen molar-refractivity contribution >= 4 is 33.8 Å². The molecule has 1 aromatic carbocycles. The molecule has 0 amide bonds. The number of hydrogen-bond donors (Lipinski definition) is 0. The highest BCUT2D eigenvalue weighted by atomic mass is 32.1. The van der Waals surface area contributed by atoms with Gasteiger partial charge >= 0.3 is 0 Å². The first-order valence-electron chi connectivity index (χ1n) is 9.55. The van der Waals surface area contributed by atoms with Crippen LogP contribution in [0, 0.1) is 4.77 Å². The summed E-state index contributed by atoms with van der Waals surface area (Å²) in [6.07, 6.45) is 7.15. The molecule has 5 rings (SSSR count).